The van der Waals surface area contributed by atoms with Crippen molar-refractivity contribution >= 4 is 17.5 Å². The maximum atomic E-state index is 12.0. The van der Waals surface area contributed by atoms with Gasteiger partial charge in [0, 0.05) is 25.4 Å². The van der Waals surface area contributed by atoms with Gasteiger partial charge in [0.2, 0.25) is 0 Å². The smallest absolute Gasteiger partial charge is 0.272 e. The quantitative estimate of drug-likeness (QED) is 0.809. The van der Waals surface area contributed by atoms with Crippen LogP contribution in [0.15, 0.2) is 18.3 Å². The van der Waals surface area contributed by atoms with Crippen molar-refractivity contribution in [3.63, 3.8) is 0 Å². The van der Waals surface area contributed by atoms with E-state index in [9.17, 15) is 4.79 Å². The molecular weight excluding hydrogens is 228 g/mol. The average Bonchev–Trinajstić information content (AvgIpc) is 2.27. The Hall–Kier alpha value is -1.13. The standard InChI is InChI=1S/C11H15ClN2O2/c1-8(7-16-3)14(2)11(15)10-6-9(12)4-5-13-10/h4-6,8H,7H2,1-3H3. The lowest BCUT2D eigenvalue weighted by Crippen LogP contribution is -2.38. The van der Waals surface area contributed by atoms with Gasteiger partial charge in [-0.25, -0.2) is 0 Å². The number of carbonyl (C=O) groups is 1. The molecule has 1 atom stereocenters. The van der Waals surface area contributed by atoms with Crippen LogP contribution in [-0.2, 0) is 4.74 Å². The Morgan fingerprint density at radius 1 is 1.69 bits per heavy atom. The topological polar surface area (TPSA) is 42.4 Å². The summed E-state index contributed by atoms with van der Waals surface area (Å²) in [5.41, 5.74) is 0.345. The second-order valence-corrected chi connectivity index (χ2v) is 4.02. The minimum Gasteiger partial charge on any atom is -0.383 e. The number of hydrogen-bond donors (Lipinski definition) is 0. The third-order valence-corrected chi connectivity index (χ3v) is 2.57. The lowest BCUT2D eigenvalue weighted by atomic mass is 10.2. The van der Waals surface area contributed by atoms with Crippen LogP contribution < -0.4 is 0 Å². The highest BCUT2D eigenvalue weighted by Crippen LogP contribution is 2.10. The minimum absolute atomic E-state index is 0.00159. The molecule has 0 spiro atoms. The van der Waals surface area contributed by atoms with Gasteiger partial charge in [-0.15, -0.1) is 0 Å². The number of carbonyl (C=O) groups excluding carboxylic acids is 1. The van der Waals surface area contributed by atoms with Crippen molar-refractivity contribution < 1.29 is 9.53 Å². The maximum absolute atomic E-state index is 12.0. The second-order valence-electron chi connectivity index (χ2n) is 3.58. The normalized spacial score (nSPS) is 12.2. The first kappa shape index (κ1) is 12.9. The lowest BCUT2D eigenvalue weighted by molar-refractivity contribution is 0.0628. The van der Waals surface area contributed by atoms with Crippen LogP contribution in [0.5, 0.6) is 0 Å². The summed E-state index contributed by atoms with van der Waals surface area (Å²) in [7, 11) is 3.32. The van der Waals surface area contributed by atoms with Crippen molar-refractivity contribution in [3.8, 4) is 0 Å². The summed E-state index contributed by atoms with van der Waals surface area (Å²) in [5, 5.41) is 0.506. The molecule has 88 valence electrons. The highest BCUT2D eigenvalue weighted by atomic mass is 35.5. The monoisotopic (exact) mass is 242 g/mol. The Morgan fingerprint density at radius 3 is 2.94 bits per heavy atom. The molecule has 0 saturated carbocycles. The predicted molar refractivity (Wildman–Crippen MR) is 62.7 cm³/mol. The van der Waals surface area contributed by atoms with Gasteiger partial charge in [-0.2, -0.15) is 0 Å². The Balaban J connectivity index is 2.77. The second kappa shape index (κ2) is 5.82. The predicted octanol–water partition coefficient (Wildman–Crippen LogP) is 1.84. The molecule has 0 bridgehead atoms. The van der Waals surface area contributed by atoms with Crippen LogP contribution in [0.3, 0.4) is 0 Å². The first-order valence-corrected chi connectivity index (χ1v) is 5.31. The van der Waals surface area contributed by atoms with E-state index in [1.165, 1.54) is 6.20 Å². The molecule has 1 heterocycles. The number of ether oxygens (including phenoxy) is 1. The van der Waals surface area contributed by atoms with Gasteiger partial charge in [-0.05, 0) is 19.1 Å². The Morgan fingerprint density at radius 2 is 2.38 bits per heavy atom. The van der Waals surface area contributed by atoms with Gasteiger partial charge in [0.25, 0.3) is 5.91 Å². The number of rotatable bonds is 4. The number of aromatic nitrogens is 1. The summed E-state index contributed by atoms with van der Waals surface area (Å²) in [5.74, 6) is -0.160. The molecular formula is C11H15ClN2O2. The molecule has 0 radical (unpaired) electrons. The van der Waals surface area contributed by atoms with Crippen molar-refractivity contribution in [2.45, 2.75) is 13.0 Å². The molecule has 0 aromatic carbocycles. The van der Waals surface area contributed by atoms with Crippen LogP contribution in [0.2, 0.25) is 5.02 Å². The van der Waals surface area contributed by atoms with Crippen molar-refractivity contribution in [3.05, 3.63) is 29.0 Å². The van der Waals surface area contributed by atoms with Crippen LogP contribution in [-0.4, -0.2) is 42.6 Å². The highest BCUT2D eigenvalue weighted by molar-refractivity contribution is 6.30. The van der Waals surface area contributed by atoms with E-state index in [-0.39, 0.29) is 11.9 Å². The van der Waals surface area contributed by atoms with E-state index in [2.05, 4.69) is 4.98 Å². The van der Waals surface area contributed by atoms with E-state index >= 15 is 0 Å². The Bertz CT molecular complexity index is 371. The van der Waals surface area contributed by atoms with Crippen molar-refractivity contribution in [1.29, 1.82) is 0 Å². The van der Waals surface area contributed by atoms with Gasteiger partial charge in [0.05, 0.1) is 12.6 Å². The van der Waals surface area contributed by atoms with Crippen molar-refractivity contribution in [2.24, 2.45) is 0 Å². The molecule has 0 aliphatic heterocycles. The average molecular weight is 243 g/mol. The summed E-state index contributed by atoms with van der Waals surface area (Å²) in [6.07, 6.45) is 1.52. The van der Waals surface area contributed by atoms with Crippen molar-refractivity contribution in [1.82, 2.24) is 9.88 Å². The van der Waals surface area contributed by atoms with Gasteiger partial charge in [0.15, 0.2) is 0 Å². The molecule has 0 fully saturated rings. The summed E-state index contributed by atoms with van der Waals surface area (Å²) < 4.78 is 4.99. The summed E-state index contributed by atoms with van der Waals surface area (Å²) in [6, 6.07) is 3.19. The first-order valence-electron chi connectivity index (χ1n) is 4.94. The van der Waals surface area contributed by atoms with Crippen LogP contribution in [0.4, 0.5) is 0 Å². The molecule has 5 heteroatoms. The van der Waals surface area contributed by atoms with Gasteiger partial charge >= 0.3 is 0 Å². The number of nitrogens with zero attached hydrogens (tertiary/aromatic N) is 2. The SMILES string of the molecule is COCC(C)N(C)C(=O)c1cc(Cl)ccn1. The fourth-order valence-electron chi connectivity index (χ4n) is 1.26. The molecule has 1 unspecified atom stereocenters. The minimum atomic E-state index is -0.160. The summed E-state index contributed by atoms with van der Waals surface area (Å²) in [6.45, 7) is 2.40. The first-order chi connectivity index (χ1) is 7.56. The fourth-order valence-corrected chi connectivity index (χ4v) is 1.42. The largest absolute Gasteiger partial charge is 0.383 e. The van der Waals surface area contributed by atoms with Crippen LogP contribution in [0.25, 0.3) is 0 Å². The molecule has 16 heavy (non-hydrogen) atoms. The fraction of sp³-hybridized carbons (Fsp3) is 0.455. The molecule has 0 N–H and O–H groups in total. The summed E-state index contributed by atoms with van der Waals surface area (Å²) >= 11 is 5.80. The van der Waals surface area contributed by atoms with Crippen LogP contribution in [0, 0.1) is 0 Å². The molecule has 1 aromatic rings. The molecule has 0 aliphatic rings. The summed E-state index contributed by atoms with van der Waals surface area (Å²) in [4.78, 5) is 17.5. The van der Waals surface area contributed by atoms with Crippen LogP contribution in [0.1, 0.15) is 17.4 Å². The molecule has 0 aliphatic carbocycles. The van der Waals surface area contributed by atoms with E-state index in [0.29, 0.717) is 17.3 Å². The van der Waals surface area contributed by atoms with Crippen LogP contribution >= 0.6 is 11.6 Å². The third-order valence-electron chi connectivity index (χ3n) is 2.33. The van der Waals surface area contributed by atoms with Crippen molar-refractivity contribution in [2.75, 3.05) is 20.8 Å². The van der Waals surface area contributed by atoms with E-state index in [0.717, 1.165) is 0 Å². The molecule has 1 aromatic heterocycles. The zero-order chi connectivity index (χ0) is 12.1. The van der Waals surface area contributed by atoms with Gasteiger partial charge < -0.3 is 9.64 Å². The Labute approximate surface area is 100 Å². The maximum Gasteiger partial charge on any atom is 0.272 e. The van der Waals surface area contributed by atoms with Gasteiger partial charge in [-0.1, -0.05) is 11.6 Å². The number of likely N-dealkylation sites (N-methyl/N-ethyl adjacent to an activating group) is 1. The van der Waals surface area contributed by atoms with E-state index in [1.54, 1.807) is 31.2 Å². The molecule has 1 amide bonds. The number of amides is 1. The lowest BCUT2D eigenvalue weighted by Gasteiger charge is -2.23. The number of halogens is 1. The van der Waals surface area contributed by atoms with Gasteiger partial charge in [0.1, 0.15) is 5.69 Å². The third kappa shape index (κ3) is 3.18. The molecule has 1 rings (SSSR count). The number of pyridine rings is 1. The Kier molecular flexibility index (Phi) is 4.71. The van der Waals surface area contributed by atoms with Gasteiger partial charge in [-0.3, -0.25) is 9.78 Å². The zero-order valence-electron chi connectivity index (χ0n) is 9.61. The highest BCUT2D eigenvalue weighted by Gasteiger charge is 2.18. The van der Waals surface area contributed by atoms with E-state index in [1.807, 2.05) is 6.92 Å². The zero-order valence-corrected chi connectivity index (χ0v) is 10.4. The van der Waals surface area contributed by atoms with E-state index in [4.69, 9.17) is 16.3 Å². The number of hydrogen-bond acceptors (Lipinski definition) is 3. The molecule has 0 saturated heterocycles. The molecule has 4 nitrogen and oxygen atoms in total. The number of methoxy groups -OCH3 is 1. The van der Waals surface area contributed by atoms with E-state index < -0.39 is 0 Å².